The molecule has 0 bridgehead atoms. The Morgan fingerprint density at radius 1 is 1.17 bits per heavy atom. The van der Waals surface area contributed by atoms with Crippen LogP contribution >= 0.6 is 0 Å². The van der Waals surface area contributed by atoms with Gasteiger partial charge in [0.15, 0.2) is 0 Å². The molecule has 0 amide bonds. The van der Waals surface area contributed by atoms with Gasteiger partial charge in [-0.2, -0.15) is 4.98 Å². The number of nitrogens with two attached hydrogens (primary N) is 1. The fourth-order valence-corrected chi connectivity index (χ4v) is 2.05. The van der Waals surface area contributed by atoms with E-state index in [2.05, 4.69) is 60.2 Å². The third kappa shape index (κ3) is 2.88. The van der Waals surface area contributed by atoms with Crippen LogP contribution in [0.25, 0.3) is 0 Å². The predicted molar refractivity (Wildman–Crippen MR) is 73.3 cm³/mol. The molecule has 0 fully saturated rings. The summed E-state index contributed by atoms with van der Waals surface area (Å²) in [5.74, 6) is 1.97. The Labute approximate surface area is 108 Å². The fraction of sp³-hybridized carbons (Fsp3) is 0.429. The van der Waals surface area contributed by atoms with E-state index in [1.54, 1.807) is 0 Å². The third-order valence-corrected chi connectivity index (χ3v) is 3.05. The fourth-order valence-electron chi connectivity index (χ4n) is 2.05. The first-order valence-corrected chi connectivity index (χ1v) is 6.33. The molecule has 0 radical (unpaired) electrons. The van der Waals surface area contributed by atoms with E-state index in [9.17, 15) is 0 Å². The van der Waals surface area contributed by atoms with Crippen LogP contribution in [0.3, 0.4) is 0 Å². The van der Waals surface area contributed by atoms with Gasteiger partial charge >= 0.3 is 0 Å². The van der Waals surface area contributed by atoms with Crippen LogP contribution in [0, 0.1) is 5.92 Å². The van der Waals surface area contributed by atoms with Crippen LogP contribution in [0.1, 0.15) is 43.6 Å². The van der Waals surface area contributed by atoms with Crippen molar-refractivity contribution in [2.45, 2.75) is 33.1 Å². The van der Waals surface area contributed by atoms with Gasteiger partial charge in [0.2, 0.25) is 5.95 Å². The zero-order valence-electron chi connectivity index (χ0n) is 11.1. The second kappa shape index (κ2) is 5.21. The highest BCUT2D eigenvalue weighted by Crippen LogP contribution is 2.22. The quantitative estimate of drug-likeness (QED) is 0.869. The van der Waals surface area contributed by atoms with E-state index < -0.39 is 0 Å². The molecule has 2 rings (SSSR count). The second-order valence-corrected chi connectivity index (χ2v) is 5.14. The zero-order valence-corrected chi connectivity index (χ0v) is 11.1. The summed E-state index contributed by atoms with van der Waals surface area (Å²) in [7, 11) is 0. The van der Waals surface area contributed by atoms with Gasteiger partial charge in [-0.25, -0.2) is 0 Å². The molecule has 1 aromatic heterocycles. The summed E-state index contributed by atoms with van der Waals surface area (Å²) in [5.41, 5.74) is 8.11. The maximum atomic E-state index is 5.52. The lowest BCUT2D eigenvalue weighted by Crippen LogP contribution is -2.00. The van der Waals surface area contributed by atoms with E-state index in [1.165, 1.54) is 11.1 Å². The van der Waals surface area contributed by atoms with E-state index in [1.807, 2.05) is 0 Å². The number of rotatable bonds is 4. The second-order valence-electron chi connectivity index (χ2n) is 5.14. The molecule has 1 heterocycles. The van der Waals surface area contributed by atoms with E-state index >= 15 is 0 Å². The summed E-state index contributed by atoms with van der Waals surface area (Å²) in [6.07, 6.45) is 1.11. The highest BCUT2D eigenvalue weighted by atomic mass is 15.3. The monoisotopic (exact) mass is 244 g/mol. The van der Waals surface area contributed by atoms with Gasteiger partial charge in [-0.15, -0.1) is 5.10 Å². The minimum Gasteiger partial charge on any atom is -0.367 e. The third-order valence-electron chi connectivity index (χ3n) is 3.05. The summed E-state index contributed by atoms with van der Waals surface area (Å²) < 4.78 is 0. The van der Waals surface area contributed by atoms with Crippen molar-refractivity contribution < 1.29 is 0 Å². The number of H-pyrrole nitrogens is 1. The average molecular weight is 244 g/mol. The molecular formula is C14H20N4. The number of hydrogen-bond acceptors (Lipinski definition) is 3. The molecule has 0 unspecified atom stereocenters. The maximum Gasteiger partial charge on any atom is 0.239 e. The van der Waals surface area contributed by atoms with Gasteiger partial charge in [0.25, 0.3) is 0 Å². The van der Waals surface area contributed by atoms with Crippen molar-refractivity contribution in [3.63, 3.8) is 0 Å². The molecule has 2 aromatic rings. The first-order valence-electron chi connectivity index (χ1n) is 6.33. The van der Waals surface area contributed by atoms with E-state index in [4.69, 9.17) is 5.73 Å². The first-order chi connectivity index (χ1) is 8.56. The van der Waals surface area contributed by atoms with Crippen molar-refractivity contribution >= 4 is 5.95 Å². The van der Waals surface area contributed by atoms with Gasteiger partial charge in [0.1, 0.15) is 5.82 Å². The number of aromatic amines is 1. The molecule has 0 saturated carbocycles. The SMILES string of the molecule is CC(C)Cc1ccc([C@H](C)c2nc(N)n[nH]2)cc1. The number of nitrogens with zero attached hydrogens (tertiary/aromatic N) is 2. The van der Waals surface area contributed by atoms with Gasteiger partial charge in [-0.3, -0.25) is 5.10 Å². The first kappa shape index (κ1) is 12.6. The molecule has 0 aliphatic carbocycles. The summed E-state index contributed by atoms with van der Waals surface area (Å²) >= 11 is 0. The van der Waals surface area contributed by atoms with Crippen LogP contribution in [-0.2, 0) is 6.42 Å². The number of aromatic nitrogens is 3. The van der Waals surface area contributed by atoms with Gasteiger partial charge < -0.3 is 5.73 Å². The predicted octanol–water partition coefficient (Wildman–Crippen LogP) is 2.74. The van der Waals surface area contributed by atoms with Crippen molar-refractivity contribution in [2.24, 2.45) is 5.92 Å². The molecule has 4 heteroatoms. The Kier molecular flexibility index (Phi) is 3.65. The maximum absolute atomic E-state index is 5.52. The Morgan fingerprint density at radius 3 is 2.33 bits per heavy atom. The molecular weight excluding hydrogens is 224 g/mol. The minimum atomic E-state index is 0.183. The molecule has 0 aliphatic heterocycles. The lowest BCUT2D eigenvalue weighted by atomic mass is 9.96. The number of hydrogen-bond donors (Lipinski definition) is 2. The van der Waals surface area contributed by atoms with Crippen molar-refractivity contribution in [3.05, 3.63) is 41.2 Å². The summed E-state index contributed by atoms with van der Waals surface area (Å²) in [4.78, 5) is 4.17. The largest absolute Gasteiger partial charge is 0.367 e. The molecule has 18 heavy (non-hydrogen) atoms. The van der Waals surface area contributed by atoms with Gasteiger partial charge in [0.05, 0.1) is 0 Å². The van der Waals surface area contributed by atoms with Crippen molar-refractivity contribution in [1.29, 1.82) is 0 Å². The minimum absolute atomic E-state index is 0.183. The summed E-state index contributed by atoms with van der Waals surface area (Å²) in [6.45, 7) is 6.55. The van der Waals surface area contributed by atoms with Crippen molar-refractivity contribution in [1.82, 2.24) is 15.2 Å². The number of nitrogen functional groups attached to an aromatic ring is 1. The highest BCUT2D eigenvalue weighted by molar-refractivity contribution is 5.29. The smallest absolute Gasteiger partial charge is 0.239 e. The normalized spacial score (nSPS) is 12.9. The van der Waals surface area contributed by atoms with Gasteiger partial charge in [0, 0.05) is 5.92 Å². The van der Waals surface area contributed by atoms with Crippen LogP contribution < -0.4 is 5.73 Å². The number of nitrogens with one attached hydrogen (secondary N) is 1. The zero-order chi connectivity index (χ0) is 13.1. The molecule has 1 atom stereocenters. The molecule has 0 spiro atoms. The van der Waals surface area contributed by atoms with E-state index in [0.29, 0.717) is 11.9 Å². The van der Waals surface area contributed by atoms with Gasteiger partial charge in [-0.1, -0.05) is 45.0 Å². The van der Waals surface area contributed by atoms with Crippen LogP contribution in [-0.4, -0.2) is 15.2 Å². The molecule has 96 valence electrons. The molecule has 0 saturated heterocycles. The Morgan fingerprint density at radius 2 is 1.83 bits per heavy atom. The van der Waals surface area contributed by atoms with Crippen molar-refractivity contribution in [3.8, 4) is 0 Å². The topological polar surface area (TPSA) is 67.6 Å². The lowest BCUT2D eigenvalue weighted by Gasteiger charge is -2.10. The average Bonchev–Trinajstić information content (AvgIpc) is 2.75. The molecule has 3 N–H and O–H groups in total. The summed E-state index contributed by atoms with van der Waals surface area (Å²) in [5, 5.41) is 6.73. The van der Waals surface area contributed by atoms with Crippen LogP contribution in [0.2, 0.25) is 0 Å². The molecule has 0 aliphatic rings. The number of benzene rings is 1. The number of anilines is 1. The van der Waals surface area contributed by atoms with Crippen LogP contribution in [0.4, 0.5) is 5.95 Å². The Balaban J connectivity index is 2.14. The lowest BCUT2D eigenvalue weighted by molar-refractivity contribution is 0.647. The highest BCUT2D eigenvalue weighted by Gasteiger charge is 2.12. The van der Waals surface area contributed by atoms with Crippen LogP contribution in [0.15, 0.2) is 24.3 Å². The van der Waals surface area contributed by atoms with Crippen molar-refractivity contribution in [2.75, 3.05) is 5.73 Å². The van der Waals surface area contributed by atoms with Gasteiger partial charge in [-0.05, 0) is 23.5 Å². The van der Waals surface area contributed by atoms with E-state index in [-0.39, 0.29) is 5.92 Å². The molecule has 1 aromatic carbocycles. The van der Waals surface area contributed by atoms with Crippen LogP contribution in [0.5, 0.6) is 0 Å². The Hall–Kier alpha value is -1.84. The molecule has 4 nitrogen and oxygen atoms in total. The van der Waals surface area contributed by atoms with E-state index in [0.717, 1.165) is 12.2 Å². The standard InChI is InChI=1S/C14H20N4/c1-9(2)8-11-4-6-12(7-5-11)10(3)13-16-14(15)18-17-13/h4-7,9-10H,8H2,1-3H3,(H3,15,16,17,18)/t10-/m0/s1. The summed E-state index contributed by atoms with van der Waals surface area (Å²) in [6, 6.07) is 8.68. The Bertz CT molecular complexity index is 499.